The van der Waals surface area contributed by atoms with Crippen molar-refractivity contribution in [1.29, 1.82) is 0 Å². The molecule has 0 radical (unpaired) electrons. The molecule has 0 saturated heterocycles. The molecule has 0 saturated carbocycles. The van der Waals surface area contributed by atoms with Crippen LogP contribution in [0.4, 0.5) is 5.69 Å². The zero-order valence-electron chi connectivity index (χ0n) is 15.5. The minimum Gasteiger partial charge on any atom is -0.456 e. The van der Waals surface area contributed by atoms with Crippen LogP contribution in [0.2, 0.25) is 0 Å². The molecule has 2 aromatic carbocycles. The number of esters is 1. The van der Waals surface area contributed by atoms with Crippen LogP contribution in [-0.2, 0) is 17.9 Å². The van der Waals surface area contributed by atoms with Crippen molar-refractivity contribution in [1.82, 2.24) is 9.78 Å². The van der Waals surface area contributed by atoms with Crippen LogP contribution >= 0.6 is 0 Å². The molecule has 8 heteroatoms. The van der Waals surface area contributed by atoms with Gasteiger partial charge in [0.1, 0.15) is 6.61 Å². The normalized spacial score (nSPS) is 11.0. The highest BCUT2D eigenvalue weighted by Gasteiger charge is 2.18. The van der Waals surface area contributed by atoms with Crippen LogP contribution in [0.5, 0.6) is 0 Å². The average Bonchev–Trinajstić information content (AvgIpc) is 2.68. The molecular formula is C20H19N3O5. The van der Waals surface area contributed by atoms with E-state index in [2.05, 4.69) is 5.10 Å². The third-order valence-corrected chi connectivity index (χ3v) is 4.12. The number of aromatic nitrogens is 2. The number of benzene rings is 2. The van der Waals surface area contributed by atoms with Gasteiger partial charge >= 0.3 is 5.97 Å². The van der Waals surface area contributed by atoms with E-state index in [0.717, 1.165) is 0 Å². The van der Waals surface area contributed by atoms with Crippen molar-refractivity contribution < 1.29 is 14.5 Å². The predicted molar refractivity (Wildman–Crippen MR) is 103 cm³/mol. The first-order valence-electron chi connectivity index (χ1n) is 8.77. The van der Waals surface area contributed by atoms with Crippen molar-refractivity contribution in [3.8, 4) is 0 Å². The van der Waals surface area contributed by atoms with Gasteiger partial charge in [0.05, 0.1) is 10.3 Å². The fourth-order valence-electron chi connectivity index (χ4n) is 2.79. The molecule has 144 valence electrons. The highest BCUT2D eigenvalue weighted by molar-refractivity contribution is 6.02. The topological polar surface area (TPSA) is 104 Å². The van der Waals surface area contributed by atoms with Crippen molar-refractivity contribution in [2.24, 2.45) is 5.92 Å². The van der Waals surface area contributed by atoms with Crippen molar-refractivity contribution in [3.05, 3.63) is 80.3 Å². The van der Waals surface area contributed by atoms with E-state index in [1.54, 1.807) is 24.3 Å². The number of non-ortho nitro benzene ring substituents is 1. The number of rotatable bonds is 6. The average molecular weight is 381 g/mol. The summed E-state index contributed by atoms with van der Waals surface area (Å²) in [7, 11) is 0. The summed E-state index contributed by atoms with van der Waals surface area (Å²) in [6.45, 7) is 4.23. The number of nitro benzene ring substituents is 1. The number of nitro groups is 1. The monoisotopic (exact) mass is 381 g/mol. The molecule has 0 atom stereocenters. The Balaban J connectivity index is 1.89. The van der Waals surface area contributed by atoms with E-state index in [1.807, 2.05) is 13.8 Å². The smallest absolute Gasteiger partial charge is 0.359 e. The second-order valence-electron chi connectivity index (χ2n) is 6.77. The SMILES string of the molecule is CC(C)Cn1nc(C(=O)OCc2ccc([N+](=O)[O-])cc2)c2ccccc2c1=O. The molecule has 3 rings (SSSR count). The first kappa shape index (κ1) is 19.2. The van der Waals surface area contributed by atoms with E-state index in [0.29, 0.717) is 22.9 Å². The third-order valence-electron chi connectivity index (χ3n) is 4.12. The summed E-state index contributed by atoms with van der Waals surface area (Å²) in [4.78, 5) is 35.5. The summed E-state index contributed by atoms with van der Waals surface area (Å²) in [5.41, 5.74) is 0.385. The number of ether oxygens (including phenoxy) is 1. The highest BCUT2D eigenvalue weighted by atomic mass is 16.6. The van der Waals surface area contributed by atoms with Crippen LogP contribution < -0.4 is 5.56 Å². The Morgan fingerprint density at radius 2 is 1.79 bits per heavy atom. The number of carbonyl (C=O) groups is 1. The number of hydrogen-bond acceptors (Lipinski definition) is 6. The van der Waals surface area contributed by atoms with Gasteiger partial charge in [0.2, 0.25) is 0 Å². The first-order chi connectivity index (χ1) is 13.4. The second-order valence-corrected chi connectivity index (χ2v) is 6.77. The van der Waals surface area contributed by atoms with Gasteiger partial charge in [0, 0.05) is 24.1 Å². The largest absolute Gasteiger partial charge is 0.456 e. The Labute approximate surface area is 160 Å². The van der Waals surface area contributed by atoms with Crippen LogP contribution in [0.3, 0.4) is 0 Å². The second kappa shape index (κ2) is 7.99. The van der Waals surface area contributed by atoms with Crippen LogP contribution in [-0.4, -0.2) is 20.7 Å². The Kier molecular flexibility index (Phi) is 5.49. The van der Waals surface area contributed by atoms with E-state index in [1.165, 1.54) is 28.9 Å². The highest BCUT2D eigenvalue weighted by Crippen LogP contribution is 2.17. The number of carbonyl (C=O) groups excluding carboxylic acids is 1. The molecule has 1 aromatic heterocycles. The Hall–Kier alpha value is -3.55. The maximum atomic E-state index is 12.6. The molecule has 28 heavy (non-hydrogen) atoms. The minimum atomic E-state index is -0.660. The fraction of sp³-hybridized carbons (Fsp3) is 0.250. The Morgan fingerprint density at radius 3 is 2.39 bits per heavy atom. The molecule has 3 aromatic rings. The van der Waals surface area contributed by atoms with Crippen molar-refractivity contribution >= 4 is 22.4 Å². The first-order valence-corrected chi connectivity index (χ1v) is 8.77. The van der Waals surface area contributed by atoms with Gasteiger partial charge in [-0.2, -0.15) is 5.10 Å². The van der Waals surface area contributed by atoms with Gasteiger partial charge in [0.15, 0.2) is 5.69 Å². The summed E-state index contributed by atoms with van der Waals surface area (Å²) < 4.78 is 6.62. The third kappa shape index (κ3) is 4.06. The molecule has 0 N–H and O–H groups in total. The molecule has 0 fully saturated rings. The molecule has 0 aliphatic carbocycles. The maximum Gasteiger partial charge on any atom is 0.359 e. The molecule has 0 amide bonds. The van der Waals surface area contributed by atoms with Crippen LogP contribution in [0.15, 0.2) is 53.3 Å². The lowest BCUT2D eigenvalue weighted by molar-refractivity contribution is -0.384. The molecule has 0 aliphatic heterocycles. The zero-order valence-corrected chi connectivity index (χ0v) is 15.5. The summed E-state index contributed by atoms with van der Waals surface area (Å²) >= 11 is 0. The molecular weight excluding hydrogens is 362 g/mol. The Morgan fingerprint density at radius 1 is 1.14 bits per heavy atom. The molecule has 0 aliphatic rings. The van der Waals surface area contributed by atoms with Gasteiger partial charge in [-0.15, -0.1) is 0 Å². The van der Waals surface area contributed by atoms with Crippen molar-refractivity contribution in [3.63, 3.8) is 0 Å². The molecule has 0 bridgehead atoms. The van der Waals surface area contributed by atoms with Crippen molar-refractivity contribution in [2.45, 2.75) is 27.0 Å². The van der Waals surface area contributed by atoms with Crippen molar-refractivity contribution in [2.75, 3.05) is 0 Å². The zero-order chi connectivity index (χ0) is 20.3. The number of hydrogen-bond donors (Lipinski definition) is 0. The summed E-state index contributed by atoms with van der Waals surface area (Å²) in [6, 6.07) is 12.5. The lowest BCUT2D eigenvalue weighted by Crippen LogP contribution is -2.28. The summed E-state index contributed by atoms with van der Waals surface area (Å²) in [5.74, 6) is -0.484. The minimum absolute atomic E-state index is 0.0384. The van der Waals surface area contributed by atoms with Gasteiger partial charge in [-0.05, 0) is 29.7 Å². The maximum absolute atomic E-state index is 12.6. The van der Waals surface area contributed by atoms with E-state index in [-0.39, 0.29) is 29.5 Å². The fourth-order valence-corrected chi connectivity index (χ4v) is 2.79. The molecule has 0 spiro atoms. The number of nitrogens with zero attached hydrogens (tertiary/aromatic N) is 3. The van der Waals surface area contributed by atoms with Crippen LogP contribution in [0.25, 0.3) is 10.8 Å². The van der Waals surface area contributed by atoms with Gasteiger partial charge in [-0.25, -0.2) is 9.48 Å². The Bertz CT molecular complexity index is 1090. The van der Waals surface area contributed by atoms with Gasteiger partial charge < -0.3 is 4.74 Å². The quantitative estimate of drug-likeness (QED) is 0.368. The lowest BCUT2D eigenvalue weighted by Gasteiger charge is -2.12. The predicted octanol–water partition coefficient (Wildman–Crippen LogP) is 3.32. The molecule has 8 nitrogen and oxygen atoms in total. The van der Waals surface area contributed by atoms with Gasteiger partial charge in [-0.3, -0.25) is 14.9 Å². The van der Waals surface area contributed by atoms with E-state index < -0.39 is 10.9 Å². The van der Waals surface area contributed by atoms with Gasteiger partial charge in [0.25, 0.3) is 11.2 Å². The standard InChI is InChI=1S/C20H19N3O5/c1-13(2)11-22-19(24)17-6-4-3-5-16(17)18(21-22)20(25)28-12-14-7-9-15(10-8-14)23(26)27/h3-10,13H,11-12H2,1-2H3. The molecule has 1 heterocycles. The summed E-state index contributed by atoms with van der Waals surface area (Å²) in [6.07, 6.45) is 0. The van der Waals surface area contributed by atoms with Crippen LogP contribution in [0.1, 0.15) is 29.9 Å². The summed E-state index contributed by atoms with van der Waals surface area (Å²) in [5, 5.41) is 15.8. The number of fused-ring (bicyclic) bond motifs is 1. The lowest BCUT2D eigenvalue weighted by atomic mass is 10.1. The van der Waals surface area contributed by atoms with E-state index in [4.69, 9.17) is 4.74 Å². The molecule has 0 unspecified atom stereocenters. The van der Waals surface area contributed by atoms with E-state index in [9.17, 15) is 19.7 Å². The van der Waals surface area contributed by atoms with E-state index >= 15 is 0 Å². The van der Waals surface area contributed by atoms with Gasteiger partial charge in [-0.1, -0.05) is 32.0 Å². The van der Waals surface area contributed by atoms with Crippen LogP contribution in [0, 0.1) is 16.0 Å².